The van der Waals surface area contributed by atoms with Crippen molar-refractivity contribution in [3.05, 3.63) is 29.8 Å². The Morgan fingerprint density at radius 1 is 1.33 bits per heavy atom. The summed E-state index contributed by atoms with van der Waals surface area (Å²) in [6.45, 7) is 2.11. The van der Waals surface area contributed by atoms with Gasteiger partial charge in [0.05, 0.1) is 5.60 Å². The first kappa shape index (κ1) is 11.0. The molecule has 0 amide bonds. The quantitative estimate of drug-likeness (QED) is 0.791. The molecule has 1 aromatic carbocycles. The lowest BCUT2D eigenvalue weighted by molar-refractivity contribution is 0.0732. The molecule has 1 N–H and O–H groups in total. The van der Waals surface area contributed by atoms with Crippen LogP contribution in [0.1, 0.15) is 31.2 Å². The van der Waals surface area contributed by atoms with Crippen molar-refractivity contribution in [2.75, 3.05) is 5.75 Å². The summed E-state index contributed by atoms with van der Waals surface area (Å²) in [6.07, 6.45) is 4.33. The highest BCUT2D eigenvalue weighted by Crippen LogP contribution is 2.34. The largest absolute Gasteiger partial charge is 0.389 e. The van der Waals surface area contributed by atoms with Crippen molar-refractivity contribution in [3.8, 4) is 0 Å². The van der Waals surface area contributed by atoms with Crippen LogP contribution in [0.5, 0.6) is 0 Å². The van der Waals surface area contributed by atoms with Gasteiger partial charge in [0.25, 0.3) is 0 Å². The molecule has 0 bridgehead atoms. The van der Waals surface area contributed by atoms with Crippen molar-refractivity contribution in [2.45, 2.75) is 43.1 Å². The highest BCUT2D eigenvalue weighted by atomic mass is 32.2. The van der Waals surface area contributed by atoms with E-state index in [9.17, 15) is 5.11 Å². The number of aryl methyl sites for hydroxylation is 1. The van der Waals surface area contributed by atoms with E-state index in [1.54, 1.807) is 11.8 Å². The fraction of sp³-hybridized carbons (Fsp3) is 0.538. The third-order valence-corrected chi connectivity index (χ3v) is 4.30. The minimum absolute atomic E-state index is 0.394. The van der Waals surface area contributed by atoms with Crippen LogP contribution in [0.25, 0.3) is 0 Å². The third kappa shape index (κ3) is 2.99. The summed E-state index contributed by atoms with van der Waals surface area (Å²) < 4.78 is 0. The normalized spacial score (nSPS) is 19.3. The molecule has 2 rings (SSSR count). The molecule has 0 aliphatic heterocycles. The molecule has 1 nitrogen and oxygen atoms in total. The van der Waals surface area contributed by atoms with Gasteiger partial charge in [0.1, 0.15) is 0 Å². The van der Waals surface area contributed by atoms with Crippen LogP contribution >= 0.6 is 11.8 Å². The Bertz CT molecular complexity index is 329. The van der Waals surface area contributed by atoms with Gasteiger partial charge in [0, 0.05) is 10.6 Å². The summed E-state index contributed by atoms with van der Waals surface area (Å²) in [7, 11) is 0. The Morgan fingerprint density at radius 3 is 2.73 bits per heavy atom. The molecule has 1 fully saturated rings. The van der Waals surface area contributed by atoms with E-state index in [2.05, 4.69) is 31.2 Å². The van der Waals surface area contributed by atoms with Crippen LogP contribution in [0.3, 0.4) is 0 Å². The van der Waals surface area contributed by atoms with Crippen molar-refractivity contribution in [1.82, 2.24) is 0 Å². The number of benzene rings is 1. The first-order chi connectivity index (χ1) is 7.18. The lowest BCUT2D eigenvalue weighted by Gasteiger charge is -2.21. The zero-order valence-corrected chi connectivity index (χ0v) is 10.0. The van der Waals surface area contributed by atoms with E-state index in [0.717, 1.165) is 18.6 Å². The van der Waals surface area contributed by atoms with Gasteiger partial charge in [-0.3, -0.25) is 0 Å². The van der Waals surface area contributed by atoms with Crippen molar-refractivity contribution >= 4 is 11.8 Å². The van der Waals surface area contributed by atoms with Gasteiger partial charge in [-0.25, -0.2) is 0 Å². The van der Waals surface area contributed by atoms with E-state index in [-0.39, 0.29) is 0 Å². The summed E-state index contributed by atoms with van der Waals surface area (Å²) in [4.78, 5) is 1.27. The summed E-state index contributed by atoms with van der Waals surface area (Å²) >= 11 is 1.78. The monoisotopic (exact) mass is 222 g/mol. The smallest absolute Gasteiger partial charge is 0.0741 e. The second-order valence-electron chi connectivity index (χ2n) is 4.54. The maximum absolute atomic E-state index is 10.2. The lowest BCUT2D eigenvalue weighted by Crippen LogP contribution is -2.26. The molecule has 0 saturated heterocycles. The highest BCUT2D eigenvalue weighted by molar-refractivity contribution is 7.99. The second-order valence-corrected chi connectivity index (χ2v) is 5.59. The van der Waals surface area contributed by atoms with E-state index in [1.165, 1.54) is 23.3 Å². The second kappa shape index (κ2) is 4.58. The molecule has 0 atom stereocenters. The van der Waals surface area contributed by atoms with Gasteiger partial charge in [-0.15, -0.1) is 11.8 Å². The fourth-order valence-corrected chi connectivity index (χ4v) is 3.27. The molecule has 0 spiro atoms. The molecule has 0 aromatic heterocycles. The van der Waals surface area contributed by atoms with Crippen molar-refractivity contribution < 1.29 is 5.11 Å². The molecule has 0 radical (unpaired) electrons. The number of hydrogen-bond acceptors (Lipinski definition) is 2. The molecule has 1 aliphatic carbocycles. The minimum Gasteiger partial charge on any atom is -0.389 e. The van der Waals surface area contributed by atoms with E-state index in [1.807, 2.05) is 0 Å². The molecule has 15 heavy (non-hydrogen) atoms. The summed E-state index contributed by atoms with van der Waals surface area (Å²) in [5.74, 6) is 0.844. The van der Waals surface area contributed by atoms with Crippen molar-refractivity contribution in [3.63, 3.8) is 0 Å². The molecule has 1 aromatic rings. The van der Waals surface area contributed by atoms with Gasteiger partial charge >= 0.3 is 0 Å². The highest BCUT2D eigenvalue weighted by Gasteiger charge is 2.30. The predicted octanol–water partition coefficient (Wildman–Crippen LogP) is 3.39. The number of hydrogen-bond donors (Lipinski definition) is 1. The van der Waals surface area contributed by atoms with Gasteiger partial charge in [0.15, 0.2) is 0 Å². The van der Waals surface area contributed by atoms with Crippen LogP contribution < -0.4 is 0 Å². The summed E-state index contributed by atoms with van der Waals surface area (Å²) in [5.41, 5.74) is 0.896. The standard InChI is InChI=1S/C13H18OS/c1-11-5-4-6-12(9-11)15-10-13(14)7-2-3-8-13/h4-6,9,14H,2-3,7-8,10H2,1H3. The van der Waals surface area contributed by atoms with E-state index >= 15 is 0 Å². The Hall–Kier alpha value is -0.470. The Morgan fingerprint density at radius 2 is 2.07 bits per heavy atom. The van der Waals surface area contributed by atoms with Crippen molar-refractivity contribution in [1.29, 1.82) is 0 Å². The topological polar surface area (TPSA) is 20.2 Å². The molecule has 1 saturated carbocycles. The maximum Gasteiger partial charge on any atom is 0.0741 e. The summed E-state index contributed by atoms with van der Waals surface area (Å²) in [6, 6.07) is 8.49. The van der Waals surface area contributed by atoms with Gasteiger partial charge < -0.3 is 5.11 Å². The van der Waals surface area contributed by atoms with Crippen LogP contribution in [0.2, 0.25) is 0 Å². The van der Waals surface area contributed by atoms with Crippen molar-refractivity contribution in [2.24, 2.45) is 0 Å². The lowest BCUT2D eigenvalue weighted by atomic mass is 10.1. The molecule has 0 heterocycles. The first-order valence-electron chi connectivity index (χ1n) is 5.60. The number of thioether (sulfide) groups is 1. The van der Waals surface area contributed by atoms with E-state index in [0.29, 0.717) is 0 Å². The SMILES string of the molecule is Cc1cccc(SCC2(O)CCCC2)c1. The first-order valence-corrected chi connectivity index (χ1v) is 6.58. The van der Waals surface area contributed by atoms with Gasteiger partial charge in [-0.2, -0.15) is 0 Å². The van der Waals surface area contributed by atoms with Crippen LogP contribution in [0, 0.1) is 6.92 Å². The number of rotatable bonds is 3. The third-order valence-electron chi connectivity index (χ3n) is 3.03. The van der Waals surface area contributed by atoms with Gasteiger partial charge in [-0.05, 0) is 31.9 Å². The Labute approximate surface area is 95.9 Å². The molecule has 0 unspecified atom stereocenters. The predicted molar refractivity (Wildman–Crippen MR) is 65.3 cm³/mol. The van der Waals surface area contributed by atoms with Crippen LogP contribution in [-0.4, -0.2) is 16.5 Å². The summed E-state index contributed by atoms with van der Waals surface area (Å²) in [5, 5.41) is 10.2. The maximum atomic E-state index is 10.2. The Kier molecular flexibility index (Phi) is 3.37. The fourth-order valence-electron chi connectivity index (χ4n) is 2.10. The zero-order chi connectivity index (χ0) is 10.7. The average Bonchev–Trinajstić information content (AvgIpc) is 2.63. The molecule has 1 aliphatic rings. The molecule has 2 heteroatoms. The van der Waals surface area contributed by atoms with E-state index < -0.39 is 5.60 Å². The van der Waals surface area contributed by atoms with Crippen LogP contribution in [0.15, 0.2) is 29.2 Å². The van der Waals surface area contributed by atoms with Gasteiger partial charge in [0.2, 0.25) is 0 Å². The zero-order valence-electron chi connectivity index (χ0n) is 9.20. The number of aliphatic hydroxyl groups is 1. The van der Waals surface area contributed by atoms with E-state index in [4.69, 9.17) is 0 Å². The minimum atomic E-state index is -0.394. The average molecular weight is 222 g/mol. The molecule has 82 valence electrons. The van der Waals surface area contributed by atoms with Crippen LogP contribution in [0.4, 0.5) is 0 Å². The Balaban J connectivity index is 1.92. The van der Waals surface area contributed by atoms with Crippen LogP contribution in [-0.2, 0) is 0 Å². The van der Waals surface area contributed by atoms with Gasteiger partial charge in [-0.1, -0.05) is 30.5 Å². The molecular formula is C13H18OS. The molecular weight excluding hydrogens is 204 g/mol.